The summed E-state index contributed by atoms with van der Waals surface area (Å²) in [6.07, 6.45) is 0. The molecule has 0 aliphatic rings. The molecule has 0 aliphatic carbocycles. The van der Waals surface area contributed by atoms with Gasteiger partial charge >= 0.3 is 0 Å². The first kappa shape index (κ1) is 11.4. The standard InChI is InChI=1S/C2H10OSi2.CH6OSi/c1-5(2)3-4;1-2-3/h5H,1-2,4H3;1,3H3. The Hall–Kier alpha value is 0.571. The van der Waals surface area contributed by atoms with Crippen molar-refractivity contribution < 1.29 is 8.54 Å². The highest BCUT2D eigenvalue weighted by Crippen LogP contribution is 1.72. The summed E-state index contributed by atoms with van der Waals surface area (Å²) in [4.78, 5) is 0. The third kappa shape index (κ3) is 30.9. The molecule has 0 atom stereocenters. The summed E-state index contributed by atoms with van der Waals surface area (Å²) < 4.78 is 9.42. The quantitative estimate of drug-likeness (QED) is 0.429. The van der Waals surface area contributed by atoms with Gasteiger partial charge < -0.3 is 8.54 Å². The van der Waals surface area contributed by atoms with Crippen LogP contribution in [0.1, 0.15) is 0 Å². The van der Waals surface area contributed by atoms with E-state index in [1.165, 1.54) is 0 Å². The van der Waals surface area contributed by atoms with Gasteiger partial charge in [-0.15, -0.1) is 0 Å². The molecule has 2 nitrogen and oxygen atoms in total. The van der Waals surface area contributed by atoms with E-state index in [-0.39, 0.29) is 0 Å². The van der Waals surface area contributed by atoms with Gasteiger partial charge in [-0.25, -0.2) is 0 Å². The molecule has 0 aromatic heterocycles. The molecule has 52 valence electrons. The second-order valence-corrected chi connectivity index (χ2v) is 6.49. The molecule has 0 aromatic rings. The van der Waals surface area contributed by atoms with Crippen LogP contribution in [0.15, 0.2) is 0 Å². The van der Waals surface area contributed by atoms with E-state index < -0.39 is 9.04 Å². The average Bonchev–Trinajstić information content (AvgIpc) is 1.69. The van der Waals surface area contributed by atoms with Crippen LogP contribution in [0, 0.1) is 0 Å². The van der Waals surface area contributed by atoms with Crippen LogP contribution in [0.4, 0.5) is 0 Å². The summed E-state index contributed by atoms with van der Waals surface area (Å²) in [6, 6.07) is 0. The van der Waals surface area contributed by atoms with Gasteiger partial charge in [-0.1, -0.05) is 0 Å². The van der Waals surface area contributed by atoms with E-state index in [4.69, 9.17) is 4.12 Å². The summed E-state index contributed by atoms with van der Waals surface area (Å²) in [5.74, 6) is 0. The van der Waals surface area contributed by atoms with Crippen molar-refractivity contribution in [1.82, 2.24) is 0 Å². The second-order valence-electron chi connectivity index (χ2n) is 1.69. The molecule has 0 amide bonds. The number of hydrogen-bond donors (Lipinski definition) is 0. The minimum Gasteiger partial charge on any atom is -0.466 e. The summed E-state index contributed by atoms with van der Waals surface area (Å²) in [5.41, 5.74) is 0. The fraction of sp³-hybridized carbons (Fsp3) is 1.00. The zero-order valence-electron chi connectivity index (χ0n) is 6.39. The fourth-order valence-corrected chi connectivity index (χ4v) is 0. The number of rotatable bonds is 1. The summed E-state index contributed by atoms with van der Waals surface area (Å²) in [6.45, 7) is 4.35. The van der Waals surface area contributed by atoms with Gasteiger partial charge in [-0.2, -0.15) is 0 Å². The molecule has 0 rings (SSSR count). The van der Waals surface area contributed by atoms with Gasteiger partial charge in [0.15, 0.2) is 9.04 Å². The topological polar surface area (TPSA) is 18.5 Å². The average molecular weight is 168 g/mol. The van der Waals surface area contributed by atoms with Crippen LogP contribution >= 0.6 is 0 Å². The van der Waals surface area contributed by atoms with Gasteiger partial charge in [0.05, 0.1) is 0 Å². The lowest BCUT2D eigenvalue weighted by Gasteiger charge is -1.93. The molecule has 0 fully saturated rings. The van der Waals surface area contributed by atoms with Crippen molar-refractivity contribution in [2.45, 2.75) is 13.1 Å². The Balaban J connectivity index is 0. The van der Waals surface area contributed by atoms with Crippen molar-refractivity contribution in [2.24, 2.45) is 0 Å². The Morgan fingerprint density at radius 2 is 1.38 bits per heavy atom. The van der Waals surface area contributed by atoms with Crippen molar-refractivity contribution >= 4 is 30.0 Å². The Labute approximate surface area is 59.4 Å². The van der Waals surface area contributed by atoms with Gasteiger partial charge in [0, 0.05) is 7.11 Å². The second kappa shape index (κ2) is 10.5. The van der Waals surface area contributed by atoms with Crippen LogP contribution < -0.4 is 0 Å². The largest absolute Gasteiger partial charge is 0.466 e. The van der Waals surface area contributed by atoms with Crippen molar-refractivity contribution in [2.75, 3.05) is 7.11 Å². The lowest BCUT2D eigenvalue weighted by atomic mass is 11.8. The van der Waals surface area contributed by atoms with E-state index in [1.807, 2.05) is 0 Å². The smallest absolute Gasteiger partial charge is 0.156 e. The molecule has 0 spiro atoms. The maximum absolute atomic E-state index is 5.03. The molecule has 0 aliphatic heterocycles. The maximum atomic E-state index is 5.03. The summed E-state index contributed by atoms with van der Waals surface area (Å²) >= 11 is 0. The van der Waals surface area contributed by atoms with Gasteiger partial charge in [-0.3, -0.25) is 0 Å². The first-order valence-electron chi connectivity index (χ1n) is 2.62. The van der Waals surface area contributed by atoms with E-state index >= 15 is 0 Å². The highest BCUT2D eigenvalue weighted by Gasteiger charge is 1.82. The SMILES string of the molecule is CO[SiH3].C[SiH](C)O[SiH3]. The van der Waals surface area contributed by atoms with E-state index in [0.717, 1.165) is 21.0 Å². The van der Waals surface area contributed by atoms with E-state index in [2.05, 4.69) is 17.5 Å². The zero-order valence-corrected chi connectivity index (χ0v) is 11.5. The van der Waals surface area contributed by atoms with Gasteiger partial charge in [0.25, 0.3) is 0 Å². The normalized spacial score (nSPS) is 9.00. The fourth-order valence-electron chi connectivity index (χ4n) is 0. The molecular weight excluding hydrogens is 152 g/mol. The first-order chi connectivity index (χ1) is 3.68. The van der Waals surface area contributed by atoms with Crippen LogP contribution in [0.2, 0.25) is 13.1 Å². The highest BCUT2D eigenvalue weighted by molar-refractivity contribution is 6.52. The third-order valence-electron chi connectivity index (χ3n) is 0.471. The van der Waals surface area contributed by atoms with Gasteiger partial charge in [0.1, 0.15) is 21.0 Å². The zero-order chi connectivity index (χ0) is 6.99. The van der Waals surface area contributed by atoms with Crippen molar-refractivity contribution in [3.63, 3.8) is 0 Å². The minimum atomic E-state index is -0.588. The Bertz CT molecular complexity index is 33.7. The van der Waals surface area contributed by atoms with Gasteiger partial charge in [0.2, 0.25) is 0 Å². The molecule has 0 bridgehead atoms. The Kier molecular flexibility index (Phi) is 15.0. The lowest BCUT2D eigenvalue weighted by Crippen LogP contribution is -2.02. The number of hydrogen-bond acceptors (Lipinski definition) is 2. The molecular formula is C3H16O2Si3. The van der Waals surface area contributed by atoms with Crippen LogP contribution in [-0.4, -0.2) is 37.1 Å². The molecule has 0 saturated heterocycles. The summed E-state index contributed by atoms with van der Waals surface area (Å²) in [5, 5.41) is 0. The molecule has 0 heterocycles. The molecule has 0 radical (unpaired) electrons. The minimum absolute atomic E-state index is 0.588. The van der Waals surface area contributed by atoms with E-state index in [1.54, 1.807) is 7.11 Å². The van der Waals surface area contributed by atoms with E-state index in [9.17, 15) is 0 Å². The first-order valence-corrected chi connectivity index (χ1v) is 7.03. The van der Waals surface area contributed by atoms with Crippen molar-refractivity contribution in [3.05, 3.63) is 0 Å². The monoisotopic (exact) mass is 168 g/mol. The van der Waals surface area contributed by atoms with E-state index in [0.29, 0.717) is 0 Å². The maximum Gasteiger partial charge on any atom is 0.156 e. The van der Waals surface area contributed by atoms with Gasteiger partial charge in [-0.05, 0) is 13.1 Å². The molecule has 0 aromatic carbocycles. The van der Waals surface area contributed by atoms with Crippen LogP contribution in [0.25, 0.3) is 0 Å². The van der Waals surface area contributed by atoms with Crippen LogP contribution in [-0.2, 0) is 8.54 Å². The molecule has 0 saturated carbocycles. The predicted molar refractivity (Wildman–Crippen MR) is 46.8 cm³/mol. The van der Waals surface area contributed by atoms with Crippen LogP contribution in [0.3, 0.4) is 0 Å². The molecule has 8 heavy (non-hydrogen) atoms. The molecule has 0 N–H and O–H groups in total. The lowest BCUT2D eigenvalue weighted by molar-refractivity contribution is 0.460. The van der Waals surface area contributed by atoms with Crippen molar-refractivity contribution in [1.29, 1.82) is 0 Å². The Morgan fingerprint density at radius 3 is 1.38 bits per heavy atom. The third-order valence-corrected chi connectivity index (χ3v) is 4.24. The predicted octanol–water partition coefficient (Wildman–Crippen LogP) is -1.82. The highest BCUT2D eigenvalue weighted by atomic mass is 28.3. The van der Waals surface area contributed by atoms with Crippen molar-refractivity contribution in [3.8, 4) is 0 Å². The summed E-state index contributed by atoms with van der Waals surface area (Å²) in [7, 11) is 2.90. The molecule has 0 unspecified atom stereocenters. The molecule has 5 heteroatoms. The Morgan fingerprint density at radius 1 is 1.25 bits per heavy atom. The van der Waals surface area contributed by atoms with Crippen LogP contribution in [0.5, 0.6) is 0 Å².